The van der Waals surface area contributed by atoms with E-state index >= 15 is 0 Å². The van der Waals surface area contributed by atoms with Crippen LogP contribution in [0.1, 0.15) is 30.6 Å². The lowest BCUT2D eigenvalue weighted by Gasteiger charge is -2.07. The van der Waals surface area contributed by atoms with Crippen LogP contribution in [0.4, 0.5) is 0 Å². The van der Waals surface area contributed by atoms with E-state index in [1.54, 1.807) is 12.1 Å². The van der Waals surface area contributed by atoms with Gasteiger partial charge in [-0.1, -0.05) is 30.1 Å². The highest BCUT2D eigenvalue weighted by atomic mass is 35.5. The molecular formula is C14H15Cl2NO. The number of hydrogen-bond acceptors (Lipinski definition) is 1. The van der Waals surface area contributed by atoms with Crippen LogP contribution in [0.2, 0.25) is 10.0 Å². The van der Waals surface area contributed by atoms with Crippen molar-refractivity contribution in [1.82, 2.24) is 4.57 Å². The zero-order valence-electron chi connectivity index (χ0n) is 10.1. The highest BCUT2D eigenvalue weighted by molar-refractivity contribution is 6.33. The van der Waals surface area contributed by atoms with E-state index in [1.165, 1.54) is 0 Å². The van der Waals surface area contributed by atoms with Crippen LogP contribution in [0.5, 0.6) is 0 Å². The Morgan fingerprint density at radius 3 is 2.78 bits per heavy atom. The Balaban J connectivity index is 2.18. The van der Waals surface area contributed by atoms with Gasteiger partial charge in [-0.3, -0.25) is 0 Å². The van der Waals surface area contributed by atoms with Gasteiger partial charge in [0.1, 0.15) is 0 Å². The second-order valence-electron chi connectivity index (χ2n) is 4.28. The lowest BCUT2D eigenvalue weighted by Crippen LogP contribution is -1.98. The number of rotatable bonds is 4. The van der Waals surface area contributed by atoms with Gasteiger partial charge in [-0.15, -0.1) is 0 Å². The monoisotopic (exact) mass is 283 g/mol. The highest BCUT2D eigenvalue weighted by Gasteiger charge is 2.07. The van der Waals surface area contributed by atoms with Crippen LogP contribution in [-0.2, 0) is 6.54 Å². The Morgan fingerprint density at radius 1 is 1.28 bits per heavy atom. The molecule has 0 bridgehead atoms. The van der Waals surface area contributed by atoms with E-state index in [2.05, 4.69) is 0 Å². The molecule has 1 unspecified atom stereocenters. The molecule has 0 amide bonds. The Morgan fingerprint density at radius 2 is 2.06 bits per heavy atom. The van der Waals surface area contributed by atoms with Crippen LogP contribution in [0.15, 0.2) is 36.7 Å². The highest BCUT2D eigenvalue weighted by Crippen LogP contribution is 2.23. The first-order chi connectivity index (χ1) is 8.60. The second-order valence-corrected chi connectivity index (χ2v) is 5.12. The third-order valence-electron chi connectivity index (χ3n) is 2.91. The number of benzene rings is 1. The minimum Gasteiger partial charge on any atom is -0.388 e. The molecule has 2 aromatic rings. The molecule has 0 aliphatic heterocycles. The summed E-state index contributed by atoms with van der Waals surface area (Å²) < 4.78 is 1.99. The first-order valence-electron chi connectivity index (χ1n) is 5.88. The molecule has 1 aromatic carbocycles. The molecule has 2 nitrogen and oxygen atoms in total. The van der Waals surface area contributed by atoms with Crippen molar-refractivity contribution in [1.29, 1.82) is 0 Å². The van der Waals surface area contributed by atoms with Gasteiger partial charge in [-0.05, 0) is 41.8 Å². The van der Waals surface area contributed by atoms with Gasteiger partial charge in [-0.2, -0.15) is 0 Å². The maximum Gasteiger partial charge on any atom is 0.0802 e. The molecule has 0 saturated heterocycles. The second kappa shape index (κ2) is 5.79. The summed E-state index contributed by atoms with van der Waals surface area (Å²) in [7, 11) is 0. The van der Waals surface area contributed by atoms with Gasteiger partial charge in [0.15, 0.2) is 0 Å². The molecular weight excluding hydrogens is 269 g/mol. The van der Waals surface area contributed by atoms with Gasteiger partial charge in [0.25, 0.3) is 0 Å². The summed E-state index contributed by atoms with van der Waals surface area (Å²) >= 11 is 12.1. The molecule has 1 aromatic heterocycles. The maximum absolute atomic E-state index is 9.75. The number of nitrogens with zero attached hydrogens (tertiary/aromatic N) is 1. The lowest BCUT2D eigenvalue weighted by atomic mass is 10.1. The van der Waals surface area contributed by atoms with E-state index in [0.717, 1.165) is 11.1 Å². The minimum absolute atomic E-state index is 0.402. The van der Waals surface area contributed by atoms with E-state index in [-0.39, 0.29) is 0 Å². The largest absolute Gasteiger partial charge is 0.388 e. The number of hydrogen-bond donors (Lipinski definition) is 1. The molecule has 1 heterocycles. The van der Waals surface area contributed by atoms with Gasteiger partial charge in [0, 0.05) is 29.0 Å². The zero-order valence-corrected chi connectivity index (χ0v) is 11.6. The first kappa shape index (κ1) is 13.5. The molecule has 2 rings (SSSR count). The molecule has 0 fully saturated rings. The van der Waals surface area contributed by atoms with E-state index < -0.39 is 6.10 Å². The van der Waals surface area contributed by atoms with Crippen LogP contribution in [-0.4, -0.2) is 9.67 Å². The predicted octanol–water partition coefficient (Wildman–Crippen LogP) is 4.29. The normalized spacial score (nSPS) is 12.7. The maximum atomic E-state index is 9.75. The van der Waals surface area contributed by atoms with Crippen LogP contribution >= 0.6 is 23.2 Å². The average Bonchev–Trinajstić information content (AvgIpc) is 2.81. The smallest absolute Gasteiger partial charge is 0.0802 e. The van der Waals surface area contributed by atoms with Crippen LogP contribution in [0, 0.1) is 0 Å². The van der Waals surface area contributed by atoms with Crippen molar-refractivity contribution in [3.8, 4) is 0 Å². The van der Waals surface area contributed by atoms with Gasteiger partial charge in [-0.25, -0.2) is 0 Å². The van der Waals surface area contributed by atoms with E-state index in [0.29, 0.717) is 23.0 Å². The quantitative estimate of drug-likeness (QED) is 0.890. The fourth-order valence-electron chi connectivity index (χ4n) is 1.85. The van der Waals surface area contributed by atoms with Gasteiger partial charge >= 0.3 is 0 Å². The molecule has 1 N–H and O–H groups in total. The Labute approximate surface area is 117 Å². The molecule has 0 spiro atoms. The van der Waals surface area contributed by atoms with Crippen molar-refractivity contribution < 1.29 is 5.11 Å². The number of aromatic nitrogens is 1. The predicted molar refractivity (Wildman–Crippen MR) is 75.2 cm³/mol. The van der Waals surface area contributed by atoms with Gasteiger partial charge in [0.2, 0.25) is 0 Å². The fraction of sp³-hybridized carbons (Fsp3) is 0.286. The van der Waals surface area contributed by atoms with Crippen molar-refractivity contribution in [2.45, 2.75) is 26.0 Å². The number of halogens is 2. The van der Waals surface area contributed by atoms with E-state index in [9.17, 15) is 5.11 Å². The summed E-state index contributed by atoms with van der Waals surface area (Å²) in [6, 6.07) is 7.35. The first-order valence-corrected chi connectivity index (χ1v) is 6.63. The standard InChI is InChI=1S/C14H15Cl2NO/c1-2-14(18)10-5-6-17(8-10)9-11-7-12(15)3-4-13(11)16/h3-8,14,18H,2,9H2,1H3. The minimum atomic E-state index is -0.402. The number of aliphatic hydroxyl groups excluding tert-OH is 1. The zero-order chi connectivity index (χ0) is 13.1. The average molecular weight is 284 g/mol. The van der Waals surface area contributed by atoms with Crippen molar-refractivity contribution in [3.63, 3.8) is 0 Å². The van der Waals surface area contributed by atoms with E-state index in [4.69, 9.17) is 23.2 Å². The van der Waals surface area contributed by atoms with Gasteiger partial charge < -0.3 is 9.67 Å². The third kappa shape index (κ3) is 3.08. The van der Waals surface area contributed by atoms with Crippen molar-refractivity contribution in [2.75, 3.05) is 0 Å². The summed E-state index contributed by atoms with van der Waals surface area (Å²) in [5.74, 6) is 0. The third-order valence-corrected chi connectivity index (χ3v) is 3.51. The Hall–Kier alpha value is -0.960. The van der Waals surface area contributed by atoms with E-state index in [1.807, 2.05) is 36.0 Å². The Bertz CT molecular complexity index is 536. The summed E-state index contributed by atoms with van der Waals surface area (Å²) in [6.45, 7) is 2.60. The molecule has 1 atom stereocenters. The van der Waals surface area contributed by atoms with Crippen molar-refractivity contribution in [2.24, 2.45) is 0 Å². The van der Waals surface area contributed by atoms with Crippen LogP contribution in [0.3, 0.4) is 0 Å². The SMILES string of the molecule is CCC(O)c1ccn(Cc2cc(Cl)ccc2Cl)c1. The fourth-order valence-corrected chi connectivity index (χ4v) is 2.22. The topological polar surface area (TPSA) is 25.2 Å². The summed E-state index contributed by atoms with van der Waals surface area (Å²) in [6.07, 6.45) is 4.18. The molecule has 96 valence electrons. The molecule has 0 saturated carbocycles. The summed E-state index contributed by atoms with van der Waals surface area (Å²) in [5, 5.41) is 11.1. The summed E-state index contributed by atoms with van der Waals surface area (Å²) in [5.41, 5.74) is 1.90. The number of aliphatic hydroxyl groups is 1. The molecule has 4 heteroatoms. The molecule has 0 aliphatic rings. The summed E-state index contributed by atoms with van der Waals surface area (Å²) in [4.78, 5) is 0. The lowest BCUT2D eigenvalue weighted by molar-refractivity contribution is 0.173. The molecule has 18 heavy (non-hydrogen) atoms. The van der Waals surface area contributed by atoms with Gasteiger partial charge in [0.05, 0.1) is 6.10 Å². The van der Waals surface area contributed by atoms with Crippen molar-refractivity contribution >= 4 is 23.2 Å². The molecule has 0 radical (unpaired) electrons. The van der Waals surface area contributed by atoms with Crippen molar-refractivity contribution in [3.05, 3.63) is 57.8 Å². The van der Waals surface area contributed by atoms with Crippen LogP contribution < -0.4 is 0 Å². The molecule has 0 aliphatic carbocycles. The Kier molecular flexibility index (Phi) is 4.33. The van der Waals surface area contributed by atoms with Crippen LogP contribution in [0.25, 0.3) is 0 Å².